The second kappa shape index (κ2) is 11.1. The molecular weight excluding hydrogens is 394 g/mol. The lowest BCUT2D eigenvalue weighted by molar-refractivity contribution is -0.142. The van der Waals surface area contributed by atoms with Crippen molar-refractivity contribution in [2.45, 2.75) is 32.8 Å². The van der Waals surface area contributed by atoms with Gasteiger partial charge in [-0.3, -0.25) is 14.4 Å². The van der Waals surface area contributed by atoms with Crippen molar-refractivity contribution in [3.05, 3.63) is 42.0 Å². The van der Waals surface area contributed by atoms with Crippen LogP contribution in [0.25, 0.3) is 0 Å². The Kier molecular flexibility index (Phi) is 9.19. The Morgan fingerprint density at radius 1 is 1.03 bits per heavy atom. The van der Waals surface area contributed by atoms with Gasteiger partial charge in [0.25, 0.3) is 0 Å². The van der Waals surface area contributed by atoms with Crippen LogP contribution in [0.4, 0.5) is 5.69 Å². The van der Waals surface area contributed by atoms with Gasteiger partial charge in [-0.05, 0) is 44.5 Å². The molecule has 0 saturated carbocycles. The summed E-state index contributed by atoms with van der Waals surface area (Å²) in [5.41, 5.74) is -0.196. The average molecular weight is 421 g/mol. The molecule has 0 aromatic heterocycles. The van der Waals surface area contributed by atoms with E-state index in [1.165, 1.54) is 36.1 Å². The molecule has 0 amide bonds. The lowest BCUT2D eigenvalue weighted by Gasteiger charge is -2.27. The van der Waals surface area contributed by atoms with E-state index in [-0.39, 0.29) is 24.6 Å². The maximum atomic E-state index is 12.9. The van der Waals surface area contributed by atoms with Gasteiger partial charge in [-0.15, -0.1) is 0 Å². The van der Waals surface area contributed by atoms with Crippen molar-refractivity contribution in [3.8, 4) is 0 Å². The monoisotopic (exact) mass is 421 g/mol. The number of anilines is 1. The first-order valence-electron chi connectivity index (χ1n) is 9.30. The molecular formula is C21H27NO8. The minimum Gasteiger partial charge on any atom is -0.480 e. The normalized spacial score (nSPS) is 12.5. The minimum atomic E-state index is -1.17. The molecule has 164 valence electrons. The van der Waals surface area contributed by atoms with E-state index in [9.17, 15) is 19.2 Å². The summed E-state index contributed by atoms with van der Waals surface area (Å²) in [4.78, 5) is 47.4. The predicted molar refractivity (Wildman–Crippen MR) is 109 cm³/mol. The summed E-state index contributed by atoms with van der Waals surface area (Å²) in [6.45, 7) is 7.45. The summed E-state index contributed by atoms with van der Waals surface area (Å²) in [7, 11) is 0. The molecule has 0 bridgehead atoms. The zero-order chi connectivity index (χ0) is 22.9. The van der Waals surface area contributed by atoms with Crippen molar-refractivity contribution in [2.24, 2.45) is 0 Å². The molecule has 0 heterocycles. The van der Waals surface area contributed by atoms with Crippen molar-refractivity contribution >= 4 is 29.4 Å². The van der Waals surface area contributed by atoms with Gasteiger partial charge >= 0.3 is 17.9 Å². The van der Waals surface area contributed by atoms with Gasteiger partial charge in [-0.25, -0.2) is 4.79 Å². The molecule has 1 unspecified atom stereocenters. The van der Waals surface area contributed by atoms with Gasteiger partial charge in [0.1, 0.15) is 25.3 Å². The number of Topliss-reactive ketones (excluding diaryl/α,β-unsaturated/α-hetero) is 1. The summed E-state index contributed by atoms with van der Waals surface area (Å²) in [5, 5.41) is 17.9. The van der Waals surface area contributed by atoms with Crippen LogP contribution >= 0.6 is 0 Å². The SMILES string of the molecule is C=C(C)C(=O)OCCOC(C)(CC)C(=O)c1ccc(N(CC(=O)O)CC(=O)O)cc1. The summed E-state index contributed by atoms with van der Waals surface area (Å²) >= 11 is 0. The Balaban J connectivity index is 2.86. The number of benzene rings is 1. The van der Waals surface area contributed by atoms with E-state index >= 15 is 0 Å². The smallest absolute Gasteiger partial charge is 0.333 e. The number of carboxylic acid groups (broad SMARTS) is 2. The van der Waals surface area contributed by atoms with Crippen molar-refractivity contribution < 1.29 is 38.9 Å². The molecule has 1 aromatic carbocycles. The molecule has 0 aliphatic rings. The van der Waals surface area contributed by atoms with Crippen LogP contribution in [0.5, 0.6) is 0 Å². The van der Waals surface area contributed by atoms with Gasteiger partial charge < -0.3 is 24.6 Å². The highest BCUT2D eigenvalue weighted by Gasteiger charge is 2.33. The molecule has 1 atom stereocenters. The number of carbonyl (C=O) groups excluding carboxylic acids is 2. The number of carbonyl (C=O) groups is 4. The maximum absolute atomic E-state index is 12.9. The van der Waals surface area contributed by atoms with E-state index in [1.54, 1.807) is 13.8 Å². The molecule has 30 heavy (non-hydrogen) atoms. The van der Waals surface area contributed by atoms with E-state index in [4.69, 9.17) is 19.7 Å². The number of carboxylic acids is 2. The molecule has 9 heteroatoms. The quantitative estimate of drug-likeness (QED) is 0.213. The Labute approximate surface area is 174 Å². The zero-order valence-corrected chi connectivity index (χ0v) is 17.3. The van der Waals surface area contributed by atoms with Crippen LogP contribution in [-0.4, -0.2) is 65.8 Å². The van der Waals surface area contributed by atoms with Crippen LogP contribution in [0.2, 0.25) is 0 Å². The fourth-order valence-corrected chi connectivity index (χ4v) is 2.55. The molecule has 1 rings (SSSR count). The standard InChI is InChI=1S/C21H27NO8/c1-5-21(4,30-11-10-29-20(28)14(2)3)19(27)15-6-8-16(9-7-15)22(12-17(23)24)13-18(25)26/h6-9H,2,5,10-13H2,1,3-4H3,(H,23,24)(H,25,26). The number of rotatable bonds is 13. The summed E-state index contributed by atoms with van der Waals surface area (Å²) in [6.07, 6.45) is 0.367. The Morgan fingerprint density at radius 3 is 2.00 bits per heavy atom. The van der Waals surface area contributed by atoms with Crippen molar-refractivity contribution in [1.29, 1.82) is 0 Å². The average Bonchev–Trinajstić information content (AvgIpc) is 2.69. The lowest BCUT2D eigenvalue weighted by Crippen LogP contribution is -2.39. The molecule has 0 aliphatic carbocycles. The fourth-order valence-electron chi connectivity index (χ4n) is 2.55. The summed E-state index contributed by atoms with van der Waals surface area (Å²) < 4.78 is 10.6. The highest BCUT2D eigenvalue weighted by Crippen LogP contribution is 2.24. The van der Waals surface area contributed by atoms with Crippen LogP contribution in [0.15, 0.2) is 36.4 Å². The van der Waals surface area contributed by atoms with Crippen LogP contribution in [0.1, 0.15) is 37.6 Å². The van der Waals surface area contributed by atoms with Crippen molar-refractivity contribution in [1.82, 2.24) is 0 Å². The first-order chi connectivity index (χ1) is 14.0. The van der Waals surface area contributed by atoms with Gasteiger partial charge in [0.15, 0.2) is 5.78 Å². The number of hydrogen-bond donors (Lipinski definition) is 2. The van der Waals surface area contributed by atoms with Crippen LogP contribution in [0, 0.1) is 0 Å². The third kappa shape index (κ3) is 7.32. The fraction of sp³-hybridized carbons (Fsp3) is 0.429. The summed E-state index contributed by atoms with van der Waals surface area (Å²) in [6, 6.07) is 5.97. The first kappa shape index (κ1) is 24.8. The number of aliphatic carboxylic acids is 2. The van der Waals surface area contributed by atoms with Crippen LogP contribution in [-0.2, 0) is 23.9 Å². The van der Waals surface area contributed by atoms with E-state index in [1.807, 2.05) is 0 Å². The molecule has 0 fully saturated rings. The lowest BCUT2D eigenvalue weighted by atomic mass is 9.92. The third-order valence-electron chi connectivity index (χ3n) is 4.39. The van der Waals surface area contributed by atoms with Gasteiger partial charge in [-0.2, -0.15) is 0 Å². The largest absolute Gasteiger partial charge is 0.480 e. The van der Waals surface area contributed by atoms with Gasteiger partial charge in [0.05, 0.1) is 6.61 Å². The van der Waals surface area contributed by atoms with Gasteiger partial charge in [0.2, 0.25) is 0 Å². The number of ether oxygens (including phenoxy) is 2. The Morgan fingerprint density at radius 2 is 1.57 bits per heavy atom. The van der Waals surface area contributed by atoms with Crippen LogP contribution < -0.4 is 4.90 Å². The molecule has 9 nitrogen and oxygen atoms in total. The Hall–Kier alpha value is -3.20. The van der Waals surface area contributed by atoms with E-state index in [2.05, 4.69) is 6.58 Å². The number of ketones is 1. The van der Waals surface area contributed by atoms with E-state index in [0.717, 1.165) is 0 Å². The number of esters is 1. The molecule has 0 saturated heterocycles. The second-order valence-corrected chi connectivity index (χ2v) is 6.87. The molecule has 0 spiro atoms. The van der Waals surface area contributed by atoms with E-state index in [0.29, 0.717) is 17.7 Å². The maximum Gasteiger partial charge on any atom is 0.333 e. The van der Waals surface area contributed by atoms with Crippen LogP contribution in [0.3, 0.4) is 0 Å². The predicted octanol–water partition coefficient (Wildman–Crippen LogP) is 2.15. The second-order valence-electron chi connectivity index (χ2n) is 6.87. The zero-order valence-electron chi connectivity index (χ0n) is 17.3. The van der Waals surface area contributed by atoms with Gasteiger partial charge in [0, 0.05) is 16.8 Å². The van der Waals surface area contributed by atoms with E-state index < -0.39 is 36.6 Å². The number of hydrogen-bond acceptors (Lipinski definition) is 7. The first-order valence-corrected chi connectivity index (χ1v) is 9.30. The van der Waals surface area contributed by atoms with Gasteiger partial charge in [-0.1, -0.05) is 13.5 Å². The number of nitrogens with zero attached hydrogens (tertiary/aromatic N) is 1. The molecule has 2 N–H and O–H groups in total. The summed E-state index contributed by atoms with van der Waals surface area (Å²) in [5.74, 6) is -3.18. The van der Waals surface area contributed by atoms with Crippen molar-refractivity contribution in [2.75, 3.05) is 31.2 Å². The molecule has 0 radical (unpaired) electrons. The molecule has 0 aliphatic heterocycles. The topological polar surface area (TPSA) is 130 Å². The van der Waals surface area contributed by atoms with Crippen molar-refractivity contribution in [3.63, 3.8) is 0 Å². The third-order valence-corrected chi connectivity index (χ3v) is 4.39. The molecule has 1 aromatic rings. The minimum absolute atomic E-state index is 0.0210. The highest BCUT2D eigenvalue weighted by molar-refractivity contribution is 6.02. The highest BCUT2D eigenvalue weighted by atomic mass is 16.6. The Bertz CT molecular complexity index is 786.